The summed E-state index contributed by atoms with van der Waals surface area (Å²) in [5, 5.41) is 7.38. The van der Waals surface area contributed by atoms with Crippen LogP contribution in [0, 0.1) is 5.92 Å². The van der Waals surface area contributed by atoms with Crippen LogP contribution in [0.3, 0.4) is 0 Å². The predicted molar refractivity (Wildman–Crippen MR) is 84.8 cm³/mol. The van der Waals surface area contributed by atoms with Crippen molar-refractivity contribution >= 4 is 21.4 Å². The van der Waals surface area contributed by atoms with Crippen molar-refractivity contribution in [2.45, 2.75) is 45.1 Å². The number of hydrogen-bond donors (Lipinski definition) is 1. The number of nitrogens with one attached hydrogen (secondary N) is 1. The third-order valence-electron chi connectivity index (χ3n) is 4.39. The first-order valence-electron chi connectivity index (χ1n) is 7.59. The van der Waals surface area contributed by atoms with Crippen LogP contribution in [-0.4, -0.2) is 6.54 Å². The van der Waals surface area contributed by atoms with Gasteiger partial charge in [0.25, 0.3) is 0 Å². The smallest absolute Gasteiger partial charge is 0.0390 e. The zero-order valence-electron chi connectivity index (χ0n) is 11.7. The molecule has 1 atom stereocenters. The molecule has 19 heavy (non-hydrogen) atoms. The average Bonchev–Trinajstić information content (AvgIpc) is 2.94. The Morgan fingerprint density at radius 1 is 1.21 bits per heavy atom. The lowest BCUT2D eigenvalue weighted by Gasteiger charge is -2.31. The quantitative estimate of drug-likeness (QED) is 0.814. The molecule has 1 aliphatic carbocycles. The van der Waals surface area contributed by atoms with Crippen molar-refractivity contribution in [3.05, 3.63) is 35.2 Å². The molecule has 1 nitrogen and oxygen atoms in total. The van der Waals surface area contributed by atoms with Gasteiger partial charge in [0.15, 0.2) is 0 Å². The molecule has 1 N–H and O–H groups in total. The summed E-state index contributed by atoms with van der Waals surface area (Å²) in [7, 11) is 0. The summed E-state index contributed by atoms with van der Waals surface area (Å²) in [6, 6.07) is 9.58. The van der Waals surface area contributed by atoms with Gasteiger partial charge in [-0.3, -0.25) is 0 Å². The molecule has 2 aromatic rings. The molecule has 1 unspecified atom stereocenters. The highest BCUT2D eigenvalue weighted by Gasteiger charge is 2.25. The molecule has 1 aliphatic rings. The lowest BCUT2D eigenvalue weighted by molar-refractivity contribution is 0.276. The van der Waals surface area contributed by atoms with Gasteiger partial charge in [-0.15, -0.1) is 11.3 Å². The molecule has 1 saturated carbocycles. The third kappa shape index (κ3) is 2.70. The lowest BCUT2D eigenvalue weighted by atomic mass is 9.81. The number of fused-ring (bicyclic) bond motifs is 1. The van der Waals surface area contributed by atoms with Gasteiger partial charge in [-0.05, 0) is 47.7 Å². The first-order chi connectivity index (χ1) is 9.40. The summed E-state index contributed by atoms with van der Waals surface area (Å²) in [4.78, 5) is 0. The van der Waals surface area contributed by atoms with E-state index in [4.69, 9.17) is 0 Å². The summed E-state index contributed by atoms with van der Waals surface area (Å²) in [6.45, 7) is 3.29. The highest BCUT2D eigenvalue weighted by Crippen LogP contribution is 2.38. The van der Waals surface area contributed by atoms with Gasteiger partial charge in [0.05, 0.1) is 0 Å². The van der Waals surface area contributed by atoms with E-state index < -0.39 is 0 Å². The number of thiophene rings is 1. The maximum absolute atomic E-state index is 3.76. The number of hydrogen-bond acceptors (Lipinski definition) is 2. The fourth-order valence-electron chi connectivity index (χ4n) is 3.48. The fourth-order valence-corrected chi connectivity index (χ4v) is 4.43. The molecule has 0 spiro atoms. The first kappa shape index (κ1) is 13.1. The van der Waals surface area contributed by atoms with E-state index in [1.807, 2.05) is 11.3 Å². The van der Waals surface area contributed by atoms with E-state index in [2.05, 4.69) is 41.9 Å². The van der Waals surface area contributed by atoms with E-state index in [-0.39, 0.29) is 0 Å². The Morgan fingerprint density at radius 2 is 2.05 bits per heavy atom. The van der Waals surface area contributed by atoms with Crippen molar-refractivity contribution in [3.8, 4) is 0 Å². The normalized spacial score (nSPS) is 18.8. The molecule has 3 rings (SSSR count). The molecule has 0 saturated heterocycles. The van der Waals surface area contributed by atoms with E-state index in [1.165, 1.54) is 47.8 Å². The minimum absolute atomic E-state index is 0.549. The van der Waals surface area contributed by atoms with Crippen molar-refractivity contribution in [2.24, 2.45) is 5.92 Å². The maximum Gasteiger partial charge on any atom is 0.0390 e. The van der Waals surface area contributed by atoms with Crippen molar-refractivity contribution in [3.63, 3.8) is 0 Å². The van der Waals surface area contributed by atoms with Crippen LogP contribution in [0.2, 0.25) is 0 Å². The molecular formula is C17H23NS. The molecule has 0 amide bonds. The Balaban J connectivity index is 1.96. The summed E-state index contributed by atoms with van der Waals surface area (Å²) in [6.07, 6.45) is 7.03. The van der Waals surface area contributed by atoms with E-state index in [0.717, 1.165) is 12.5 Å². The molecule has 1 heterocycles. The van der Waals surface area contributed by atoms with Crippen LogP contribution in [-0.2, 0) is 0 Å². The Kier molecular flexibility index (Phi) is 4.19. The molecule has 1 aromatic heterocycles. The van der Waals surface area contributed by atoms with Gasteiger partial charge in [-0.2, -0.15) is 0 Å². The van der Waals surface area contributed by atoms with E-state index in [0.29, 0.717) is 6.04 Å². The average molecular weight is 273 g/mol. The van der Waals surface area contributed by atoms with Crippen LogP contribution < -0.4 is 5.32 Å². The Hall–Kier alpha value is -0.860. The second-order valence-electron chi connectivity index (χ2n) is 5.62. The Bertz CT molecular complexity index is 525. The van der Waals surface area contributed by atoms with Crippen molar-refractivity contribution < 1.29 is 0 Å². The van der Waals surface area contributed by atoms with Crippen molar-refractivity contribution in [2.75, 3.05) is 6.54 Å². The molecular weight excluding hydrogens is 250 g/mol. The zero-order chi connectivity index (χ0) is 13.1. The van der Waals surface area contributed by atoms with E-state index in [9.17, 15) is 0 Å². The van der Waals surface area contributed by atoms with Gasteiger partial charge in [0.2, 0.25) is 0 Å². The van der Waals surface area contributed by atoms with Gasteiger partial charge >= 0.3 is 0 Å². The highest BCUT2D eigenvalue weighted by atomic mass is 32.1. The van der Waals surface area contributed by atoms with Crippen LogP contribution in [0.15, 0.2) is 29.6 Å². The number of rotatable bonds is 4. The van der Waals surface area contributed by atoms with Crippen molar-refractivity contribution in [1.29, 1.82) is 0 Å². The molecule has 0 bridgehead atoms. The van der Waals surface area contributed by atoms with Crippen LogP contribution in [0.4, 0.5) is 0 Å². The number of benzene rings is 1. The molecule has 0 radical (unpaired) electrons. The van der Waals surface area contributed by atoms with Gasteiger partial charge < -0.3 is 5.32 Å². The molecule has 102 valence electrons. The van der Waals surface area contributed by atoms with Gasteiger partial charge in [-0.25, -0.2) is 0 Å². The third-order valence-corrected chi connectivity index (χ3v) is 5.37. The van der Waals surface area contributed by atoms with E-state index >= 15 is 0 Å². The molecule has 1 fully saturated rings. The minimum Gasteiger partial charge on any atom is -0.310 e. The summed E-state index contributed by atoms with van der Waals surface area (Å²) in [5.41, 5.74) is 1.53. The second kappa shape index (κ2) is 6.06. The van der Waals surface area contributed by atoms with Crippen molar-refractivity contribution in [1.82, 2.24) is 5.32 Å². The SMILES string of the molecule is CCNC(c1cccc2ccsc12)C1CCCCC1. The monoisotopic (exact) mass is 273 g/mol. The largest absolute Gasteiger partial charge is 0.310 e. The van der Waals surface area contributed by atoms with Crippen LogP contribution >= 0.6 is 11.3 Å². The maximum atomic E-state index is 3.76. The van der Waals surface area contributed by atoms with Gasteiger partial charge in [-0.1, -0.05) is 44.4 Å². The summed E-state index contributed by atoms with van der Waals surface area (Å²) in [5.74, 6) is 0.821. The first-order valence-corrected chi connectivity index (χ1v) is 8.47. The summed E-state index contributed by atoms with van der Waals surface area (Å²) >= 11 is 1.89. The van der Waals surface area contributed by atoms with Gasteiger partial charge in [0, 0.05) is 10.7 Å². The summed E-state index contributed by atoms with van der Waals surface area (Å²) < 4.78 is 1.49. The predicted octanol–water partition coefficient (Wildman–Crippen LogP) is 5.13. The fraction of sp³-hybridized carbons (Fsp3) is 0.529. The van der Waals surface area contributed by atoms with E-state index in [1.54, 1.807) is 0 Å². The lowest BCUT2D eigenvalue weighted by Crippen LogP contribution is -2.29. The van der Waals surface area contributed by atoms with Crippen LogP contribution in [0.25, 0.3) is 10.1 Å². The topological polar surface area (TPSA) is 12.0 Å². The Labute approximate surface area is 120 Å². The Morgan fingerprint density at radius 3 is 2.84 bits per heavy atom. The standard InChI is InChI=1S/C17H23NS/c1-2-18-16(13-7-4-3-5-8-13)15-10-6-9-14-11-12-19-17(14)15/h6,9-13,16,18H,2-5,7-8H2,1H3. The molecule has 0 aliphatic heterocycles. The molecule has 1 aromatic carbocycles. The van der Waals surface area contributed by atoms with Crippen LogP contribution in [0.5, 0.6) is 0 Å². The zero-order valence-corrected chi connectivity index (χ0v) is 12.5. The second-order valence-corrected chi connectivity index (χ2v) is 6.54. The minimum atomic E-state index is 0.549. The highest BCUT2D eigenvalue weighted by molar-refractivity contribution is 7.17. The van der Waals surface area contributed by atoms with Gasteiger partial charge in [0.1, 0.15) is 0 Å². The molecule has 2 heteroatoms. The van der Waals surface area contributed by atoms with Crippen LogP contribution in [0.1, 0.15) is 50.6 Å².